The average molecular weight is 429 g/mol. The Balaban J connectivity index is 1.48. The van der Waals surface area contributed by atoms with Crippen LogP contribution >= 0.6 is 23.2 Å². The topological polar surface area (TPSA) is 59.9 Å². The molecule has 3 rings (SSSR count). The Kier molecular flexibility index (Phi) is 7.50. The van der Waals surface area contributed by atoms with Crippen LogP contribution < -0.4 is 14.9 Å². The lowest BCUT2D eigenvalue weighted by Crippen LogP contribution is -2.24. The number of amides is 1. The average Bonchev–Trinajstić information content (AvgIpc) is 2.74. The number of rotatable bonds is 8. The number of carbonyl (C=O) groups excluding carboxylic acids is 1. The van der Waals surface area contributed by atoms with Crippen molar-refractivity contribution in [3.63, 3.8) is 0 Å². The van der Waals surface area contributed by atoms with E-state index in [0.717, 1.165) is 11.1 Å². The van der Waals surface area contributed by atoms with Crippen LogP contribution in [0.2, 0.25) is 10.0 Å². The van der Waals surface area contributed by atoms with Crippen molar-refractivity contribution >= 4 is 35.3 Å². The number of hydrogen-bond donors (Lipinski definition) is 1. The fourth-order valence-corrected chi connectivity index (χ4v) is 2.72. The van der Waals surface area contributed by atoms with Crippen molar-refractivity contribution in [2.75, 3.05) is 6.61 Å². The Morgan fingerprint density at radius 2 is 1.76 bits per heavy atom. The fraction of sp³-hybridized carbons (Fsp3) is 0.0909. The van der Waals surface area contributed by atoms with Crippen LogP contribution in [-0.2, 0) is 11.4 Å². The van der Waals surface area contributed by atoms with Crippen LogP contribution in [0.4, 0.5) is 0 Å². The smallest absolute Gasteiger partial charge is 0.277 e. The lowest BCUT2D eigenvalue weighted by Gasteiger charge is -2.08. The van der Waals surface area contributed by atoms with Crippen molar-refractivity contribution in [2.45, 2.75) is 6.61 Å². The molecule has 29 heavy (non-hydrogen) atoms. The van der Waals surface area contributed by atoms with Crippen LogP contribution in [0.1, 0.15) is 11.1 Å². The molecule has 3 aromatic carbocycles. The summed E-state index contributed by atoms with van der Waals surface area (Å²) in [5.41, 5.74) is 4.27. The number of ether oxygens (including phenoxy) is 2. The van der Waals surface area contributed by atoms with Crippen molar-refractivity contribution in [3.05, 3.63) is 94.0 Å². The molecule has 0 unspecified atom stereocenters. The van der Waals surface area contributed by atoms with Gasteiger partial charge in [0.25, 0.3) is 5.91 Å². The Morgan fingerprint density at radius 3 is 2.59 bits per heavy atom. The van der Waals surface area contributed by atoms with E-state index in [1.54, 1.807) is 18.2 Å². The van der Waals surface area contributed by atoms with E-state index in [9.17, 15) is 4.79 Å². The van der Waals surface area contributed by atoms with Gasteiger partial charge in [-0.25, -0.2) is 5.43 Å². The fourth-order valence-electron chi connectivity index (χ4n) is 2.38. The normalized spacial score (nSPS) is 10.7. The van der Waals surface area contributed by atoms with Gasteiger partial charge in [-0.3, -0.25) is 4.79 Å². The van der Waals surface area contributed by atoms with E-state index in [4.69, 9.17) is 32.7 Å². The summed E-state index contributed by atoms with van der Waals surface area (Å²) in [6.07, 6.45) is 1.53. The summed E-state index contributed by atoms with van der Waals surface area (Å²) in [5.74, 6) is 0.624. The molecule has 5 nitrogen and oxygen atoms in total. The summed E-state index contributed by atoms with van der Waals surface area (Å²) >= 11 is 11.9. The van der Waals surface area contributed by atoms with E-state index in [2.05, 4.69) is 10.5 Å². The van der Waals surface area contributed by atoms with Crippen LogP contribution in [0.5, 0.6) is 11.5 Å². The highest BCUT2D eigenvalue weighted by molar-refractivity contribution is 6.42. The molecule has 0 saturated heterocycles. The third-order valence-corrected chi connectivity index (χ3v) is 4.59. The molecule has 0 aromatic heterocycles. The molecule has 3 aromatic rings. The summed E-state index contributed by atoms with van der Waals surface area (Å²) in [6.45, 7) is 0.235. The first-order valence-electron chi connectivity index (χ1n) is 8.77. The highest BCUT2D eigenvalue weighted by atomic mass is 35.5. The summed E-state index contributed by atoms with van der Waals surface area (Å²) in [4.78, 5) is 11.9. The molecule has 1 N–H and O–H groups in total. The van der Waals surface area contributed by atoms with Crippen LogP contribution in [-0.4, -0.2) is 18.7 Å². The van der Waals surface area contributed by atoms with Crippen molar-refractivity contribution in [3.8, 4) is 11.5 Å². The van der Waals surface area contributed by atoms with Gasteiger partial charge in [-0.1, -0.05) is 71.7 Å². The summed E-state index contributed by atoms with van der Waals surface area (Å²) in [7, 11) is 0. The van der Waals surface area contributed by atoms with Gasteiger partial charge in [0.1, 0.15) is 23.1 Å². The zero-order valence-corrected chi connectivity index (χ0v) is 16.9. The van der Waals surface area contributed by atoms with Gasteiger partial charge in [-0.05, 0) is 35.4 Å². The molecule has 0 spiro atoms. The van der Waals surface area contributed by atoms with E-state index in [-0.39, 0.29) is 11.6 Å². The number of hydrogen-bond acceptors (Lipinski definition) is 4. The number of nitrogens with zero attached hydrogens (tertiary/aromatic N) is 1. The standard InChI is InChI=1S/C22H18Cl2N2O3/c23-19-10-5-11-20(22(19)24)29-15-21(27)26-25-13-17-8-4-9-18(12-17)28-14-16-6-2-1-3-7-16/h1-13H,14-15H2,(H,26,27)/b25-13+. The van der Waals surface area contributed by atoms with Gasteiger partial charge in [-0.2, -0.15) is 5.10 Å². The van der Waals surface area contributed by atoms with Crippen LogP contribution in [0.3, 0.4) is 0 Å². The van der Waals surface area contributed by atoms with Gasteiger partial charge in [0.2, 0.25) is 0 Å². The molecular formula is C22H18Cl2N2O3. The Bertz CT molecular complexity index is 994. The van der Waals surface area contributed by atoms with Gasteiger partial charge in [0.15, 0.2) is 6.61 Å². The largest absolute Gasteiger partial charge is 0.489 e. The highest BCUT2D eigenvalue weighted by Crippen LogP contribution is 2.31. The maximum Gasteiger partial charge on any atom is 0.277 e. The Morgan fingerprint density at radius 1 is 0.966 bits per heavy atom. The minimum absolute atomic E-state index is 0.238. The van der Waals surface area contributed by atoms with Gasteiger partial charge >= 0.3 is 0 Å². The van der Waals surface area contributed by atoms with Crippen molar-refractivity contribution in [2.24, 2.45) is 5.10 Å². The first-order chi connectivity index (χ1) is 14.1. The monoisotopic (exact) mass is 428 g/mol. The second-order valence-electron chi connectivity index (χ2n) is 5.98. The number of hydrazone groups is 1. The number of benzene rings is 3. The number of nitrogens with one attached hydrogen (secondary N) is 1. The van der Waals surface area contributed by atoms with Crippen molar-refractivity contribution < 1.29 is 14.3 Å². The SMILES string of the molecule is O=C(COc1cccc(Cl)c1Cl)N/N=C/c1cccc(OCc2ccccc2)c1. The summed E-state index contributed by atoms with van der Waals surface area (Å²) in [5, 5.41) is 4.55. The predicted molar refractivity (Wildman–Crippen MR) is 115 cm³/mol. The van der Waals surface area contributed by atoms with Gasteiger partial charge in [-0.15, -0.1) is 0 Å². The van der Waals surface area contributed by atoms with E-state index < -0.39 is 5.91 Å². The van der Waals surface area contributed by atoms with Crippen LogP contribution in [0.15, 0.2) is 77.9 Å². The van der Waals surface area contributed by atoms with Crippen molar-refractivity contribution in [1.29, 1.82) is 0 Å². The lowest BCUT2D eigenvalue weighted by molar-refractivity contribution is -0.123. The molecule has 0 saturated carbocycles. The van der Waals surface area contributed by atoms with Gasteiger partial charge in [0.05, 0.1) is 11.2 Å². The molecular weight excluding hydrogens is 411 g/mol. The molecule has 0 radical (unpaired) electrons. The van der Waals surface area contributed by atoms with Crippen LogP contribution in [0.25, 0.3) is 0 Å². The number of carbonyl (C=O) groups is 1. The van der Waals surface area contributed by atoms with Crippen molar-refractivity contribution in [1.82, 2.24) is 5.43 Å². The molecule has 0 aliphatic heterocycles. The van der Waals surface area contributed by atoms with E-state index >= 15 is 0 Å². The molecule has 0 bridgehead atoms. The lowest BCUT2D eigenvalue weighted by atomic mass is 10.2. The second-order valence-corrected chi connectivity index (χ2v) is 6.77. The predicted octanol–water partition coefficient (Wildman–Crippen LogP) is 5.10. The summed E-state index contributed by atoms with van der Waals surface area (Å²) in [6, 6.07) is 22.3. The van der Waals surface area contributed by atoms with Gasteiger partial charge < -0.3 is 9.47 Å². The molecule has 148 valence electrons. The quantitative estimate of drug-likeness (QED) is 0.400. The zero-order valence-electron chi connectivity index (χ0n) is 15.3. The van der Waals surface area contributed by atoms with Gasteiger partial charge in [0, 0.05) is 0 Å². The molecule has 0 aliphatic rings. The minimum atomic E-state index is -0.422. The molecule has 7 heteroatoms. The van der Waals surface area contributed by atoms with Crippen LogP contribution in [0, 0.1) is 0 Å². The van der Waals surface area contributed by atoms with E-state index in [0.29, 0.717) is 23.1 Å². The molecule has 0 aliphatic carbocycles. The maximum absolute atomic E-state index is 11.9. The molecule has 0 fully saturated rings. The third-order valence-electron chi connectivity index (χ3n) is 3.78. The third kappa shape index (κ3) is 6.52. The summed E-state index contributed by atoms with van der Waals surface area (Å²) < 4.78 is 11.1. The minimum Gasteiger partial charge on any atom is -0.489 e. The highest BCUT2D eigenvalue weighted by Gasteiger charge is 2.07. The zero-order chi connectivity index (χ0) is 20.5. The Labute approximate surface area is 178 Å². The first-order valence-corrected chi connectivity index (χ1v) is 9.53. The Hall–Kier alpha value is -3.02. The second kappa shape index (κ2) is 10.5. The molecule has 1 amide bonds. The van der Waals surface area contributed by atoms with E-state index in [1.807, 2.05) is 54.6 Å². The maximum atomic E-state index is 11.9. The molecule has 0 heterocycles. The molecule has 0 atom stereocenters. The number of halogens is 2. The van der Waals surface area contributed by atoms with E-state index in [1.165, 1.54) is 6.21 Å². The first kappa shape index (κ1) is 20.7.